The van der Waals surface area contributed by atoms with Crippen LogP contribution in [0.3, 0.4) is 0 Å². The fraction of sp³-hybridized carbons (Fsp3) is 1.00. The van der Waals surface area contributed by atoms with E-state index in [4.69, 9.17) is 4.74 Å². The van der Waals surface area contributed by atoms with Gasteiger partial charge in [0, 0.05) is 13.2 Å². The summed E-state index contributed by atoms with van der Waals surface area (Å²) in [4.78, 5) is 2.44. The zero-order chi connectivity index (χ0) is 7.23. The van der Waals surface area contributed by atoms with Crippen LogP contribution < -0.4 is 0 Å². The summed E-state index contributed by atoms with van der Waals surface area (Å²) >= 11 is 0. The van der Waals surface area contributed by atoms with Gasteiger partial charge in [-0.1, -0.05) is 6.92 Å². The van der Waals surface area contributed by atoms with Gasteiger partial charge in [0.2, 0.25) is 0 Å². The second kappa shape index (κ2) is 4.69. The number of likely N-dealkylation sites (N-methyl/N-ethyl adjacent to an activating group) is 1. The maximum Gasteiger partial charge on any atom is 0.0593 e. The summed E-state index contributed by atoms with van der Waals surface area (Å²) in [6.45, 7) is 7.66. The van der Waals surface area contributed by atoms with Gasteiger partial charge in [-0.3, -0.25) is 0 Å². The molecule has 0 amide bonds. The monoisotopic (exact) mass is 143 g/mol. The molecule has 1 aliphatic heterocycles. The minimum atomic E-state index is 0.924. The molecule has 0 spiro atoms. The average Bonchev–Trinajstić information content (AvgIpc) is 1.87. The van der Waals surface area contributed by atoms with Gasteiger partial charge in [-0.2, -0.15) is 0 Å². The van der Waals surface area contributed by atoms with Gasteiger partial charge in [0.25, 0.3) is 0 Å². The maximum absolute atomic E-state index is 5.36. The van der Waals surface area contributed by atoms with E-state index in [9.17, 15) is 0 Å². The van der Waals surface area contributed by atoms with Crippen LogP contribution in [-0.2, 0) is 4.74 Å². The highest BCUT2D eigenvalue weighted by atomic mass is 16.5. The highest BCUT2D eigenvalue weighted by Gasteiger charge is 2.04. The molecule has 2 nitrogen and oxygen atoms in total. The predicted octanol–water partition coefficient (Wildman–Crippen LogP) is 1.12. The third-order valence-electron chi connectivity index (χ3n) is 2.01. The molecule has 1 aliphatic rings. The highest BCUT2D eigenvalue weighted by molar-refractivity contribution is 4.57. The third kappa shape index (κ3) is 2.67. The first-order valence-electron chi connectivity index (χ1n) is 4.23. The summed E-state index contributed by atoms with van der Waals surface area (Å²) in [5, 5.41) is 0. The number of nitrogens with zero attached hydrogens (tertiary/aromatic N) is 1. The van der Waals surface area contributed by atoms with E-state index in [0.29, 0.717) is 0 Å². The van der Waals surface area contributed by atoms with Crippen LogP contribution in [0.25, 0.3) is 0 Å². The normalized spacial score (nSPS) is 23.7. The SMILES string of the molecule is CCN1CCCCOCC1. The molecule has 0 aromatic carbocycles. The molecule has 0 saturated carbocycles. The van der Waals surface area contributed by atoms with E-state index in [0.717, 1.165) is 19.8 Å². The summed E-state index contributed by atoms with van der Waals surface area (Å²) < 4.78 is 5.36. The van der Waals surface area contributed by atoms with Crippen LogP contribution in [0.2, 0.25) is 0 Å². The molecule has 1 saturated heterocycles. The molecule has 1 fully saturated rings. The lowest BCUT2D eigenvalue weighted by Crippen LogP contribution is -2.30. The van der Waals surface area contributed by atoms with Crippen LogP contribution in [-0.4, -0.2) is 37.7 Å². The van der Waals surface area contributed by atoms with E-state index in [1.54, 1.807) is 0 Å². The first kappa shape index (κ1) is 8.02. The second-order valence-electron chi connectivity index (χ2n) is 2.75. The Morgan fingerprint density at radius 2 is 2.10 bits per heavy atom. The predicted molar refractivity (Wildman–Crippen MR) is 42.2 cm³/mol. The van der Waals surface area contributed by atoms with Crippen LogP contribution in [0.1, 0.15) is 19.8 Å². The van der Waals surface area contributed by atoms with Gasteiger partial charge in [-0.25, -0.2) is 0 Å². The smallest absolute Gasteiger partial charge is 0.0593 e. The Morgan fingerprint density at radius 3 is 2.90 bits per heavy atom. The Balaban J connectivity index is 2.16. The van der Waals surface area contributed by atoms with E-state index in [1.807, 2.05) is 0 Å². The van der Waals surface area contributed by atoms with Crippen LogP contribution in [0.4, 0.5) is 0 Å². The Kier molecular flexibility index (Phi) is 3.76. The Bertz CT molecular complexity index is 77.3. The van der Waals surface area contributed by atoms with Gasteiger partial charge in [-0.05, 0) is 25.9 Å². The quantitative estimate of drug-likeness (QED) is 0.545. The van der Waals surface area contributed by atoms with Gasteiger partial charge in [-0.15, -0.1) is 0 Å². The molecule has 0 aromatic heterocycles. The van der Waals surface area contributed by atoms with Gasteiger partial charge in [0.1, 0.15) is 0 Å². The molecule has 0 bridgehead atoms. The van der Waals surface area contributed by atoms with Crippen molar-refractivity contribution in [3.63, 3.8) is 0 Å². The molecular formula is C8H17NO. The summed E-state index contributed by atoms with van der Waals surface area (Å²) in [5.74, 6) is 0. The Labute approximate surface area is 63.2 Å². The number of hydrogen-bond donors (Lipinski definition) is 0. The molecule has 0 aliphatic carbocycles. The van der Waals surface area contributed by atoms with Crippen LogP contribution in [0, 0.1) is 0 Å². The molecular weight excluding hydrogens is 126 g/mol. The van der Waals surface area contributed by atoms with Crippen molar-refractivity contribution >= 4 is 0 Å². The summed E-state index contributed by atoms with van der Waals surface area (Å²) in [5.41, 5.74) is 0. The third-order valence-corrected chi connectivity index (χ3v) is 2.01. The van der Waals surface area contributed by atoms with E-state index >= 15 is 0 Å². The molecule has 0 atom stereocenters. The van der Waals surface area contributed by atoms with E-state index in [-0.39, 0.29) is 0 Å². The fourth-order valence-corrected chi connectivity index (χ4v) is 1.26. The lowest BCUT2D eigenvalue weighted by atomic mass is 10.3. The fourth-order valence-electron chi connectivity index (χ4n) is 1.26. The summed E-state index contributed by atoms with van der Waals surface area (Å²) in [6.07, 6.45) is 2.53. The lowest BCUT2D eigenvalue weighted by molar-refractivity contribution is 0.0828. The molecule has 0 radical (unpaired) electrons. The van der Waals surface area contributed by atoms with E-state index in [1.165, 1.54) is 25.9 Å². The standard InChI is InChI=1S/C8H17NO/c1-2-9-5-3-4-7-10-8-6-9/h2-8H2,1H3. The van der Waals surface area contributed by atoms with Crippen molar-refractivity contribution in [2.75, 3.05) is 32.8 Å². The van der Waals surface area contributed by atoms with Crippen molar-refractivity contribution in [2.24, 2.45) is 0 Å². The van der Waals surface area contributed by atoms with E-state index < -0.39 is 0 Å². The van der Waals surface area contributed by atoms with Crippen molar-refractivity contribution in [1.29, 1.82) is 0 Å². The largest absolute Gasteiger partial charge is 0.380 e. The van der Waals surface area contributed by atoms with Crippen molar-refractivity contribution in [1.82, 2.24) is 4.90 Å². The van der Waals surface area contributed by atoms with Gasteiger partial charge in [0.15, 0.2) is 0 Å². The Hall–Kier alpha value is -0.0800. The molecule has 2 heteroatoms. The zero-order valence-electron chi connectivity index (χ0n) is 6.81. The van der Waals surface area contributed by atoms with Crippen molar-refractivity contribution < 1.29 is 4.74 Å². The number of hydrogen-bond acceptors (Lipinski definition) is 2. The molecule has 60 valence electrons. The molecule has 1 heterocycles. The van der Waals surface area contributed by atoms with E-state index in [2.05, 4.69) is 11.8 Å². The van der Waals surface area contributed by atoms with Crippen molar-refractivity contribution in [3.8, 4) is 0 Å². The Morgan fingerprint density at radius 1 is 1.20 bits per heavy atom. The first-order valence-corrected chi connectivity index (χ1v) is 4.23. The van der Waals surface area contributed by atoms with Crippen LogP contribution in [0.5, 0.6) is 0 Å². The molecule has 10 heavy (non-hydrogen) atoms. The minimum absolute atomic E-state index is 0.924. The zero-order valence-corrected chi connectivity index (χ0v) is 6.81. The van der Waals surface area contributed by atoms with Gasteiger partial charge in [0.05, 0.1) is 6.61 Å². The van der Waals surface area contributed by atoms with Crippen LogP contribution >= 0.6 is 0 Å². The van der Waals surface area contributed by atoms with Gasteiger partial charge >= 0.3 is 0 Å². The van der Waals surface area contributed by atoms with Crippen molar-refractivity contribution in [3.05, 3.63) is 0 Å². The van der Waals surface area contributed by atoms with Gasteiger partial charge < -0.3 is 9.64 Å². The maximum atomic E-state index is 5.36. The highest BCUT2D eigenvalue weighted by Crippen LogP contribution is 1.99. The summed E-state index contributed by atoms with van der Waals surface area (Å²) in [6, 6.07) is 0. The van der Waals surface area contributed by atoms with Crippen LogP contribution in [0.15, 0.2) is 0 Å². The second-order valence-corrected chi connectivity index (χ2v) is 2.75. The first-order chi connectivity index (χ1) is 4.93. The number of rotatable bonds is 1. The molecule has 0 N–H and O–H groups in total. The molecule has 0 unspecified atom stereocenters. The molecule has 0 aromatic rings. The average molecular weight is 143 g/mol. The number of ether oxygens (including phenoxy) is 1. The summed E-state index contributed by atoms with van der Waals surface area (Å²) in [7, 11) is 0. The van der Waals surface area contributed by atoms with Crippen molar-refractivity contribution in [2.45, 2.75) is 19.8 Å². The lowest BCUT2D eigenvalue weighted by Gasteiger charge is -2.22. The minimum Gasteiger partial charge on any atom is -0.380 e. The molecule has 1 rings (SSSR count). The topological polar surface area (TPSA) is 12.5 Å².